The number of hydrogen-bond donors (Lipinski definition) is 1. The van der Waals surface area contributed by atoms with E-state index >= 15 is 0 Å². The monoisotopic (exact) mass is 387 g/mol. The maximum atomic E-state index is 12.4. The first kappa shape index (κ1) is 19.2. The van der Waals surface area contributed by atoms with Crippen LogP contribution in [0.15, 0.2) is 48.5 Å². The van der Waals surface area contributed by atoms with Crippen LogP contribution in [0.25, 0.3) is 0 Å². The quantitative estimate of drug-likeness (QED) is 0.765. The van der Waals surface area contributed by atoms with Crippen LogP contribution in [0.5, 0.6) is 5.75 Å². The molecule has 0 heterocycles. The highest BCUT2D eigenvalue weighted by Gasteiger charge is 2.25. The number of carbonyl (C=O) groups excluding carboxylic acids is 2. The summed E-state index contributed by atoms with van der Waals surface area (Å²) in [6, 6.07) is 14.9. The van der Waals surface area contributed by atoms with Crippen molar-refractivity contribution in [2.45, 2.75) is 38.3 Å². The second-order valence-electron chi connectivity index (χ2n) is 6.50. The number of ether oxygens (including phenoxy) is 2. The van der Waals surface area contributed by atoms with Crippen LogP contribution in [0.1, 0.15) is 36.9 Å². The van der Waals surface area contributed by atoms with Gasteiger partial charge in [-0.15, -0.1) is 0 Å². The maximum Gasteiger partial charge on any atom is 0.344 e. The van der Waals surface area contributed by atoms with Crippen molar-refractivity contribution >= 4 is 23.5 Å². The normalized spacial score (nSPS) is 16.7. The highest BCUT2D eigenvalue weighted by Crippen LogP contribution is 2.29. The lowest BCUT2D eigenvalue weighted by molar-refractivity contribution is -0.156. The standard InChI is InChI=1S/C21H22ClNO4/c1-14(27-20(24)13-26-19-12-5-4-10-17(19)22)21(25)23-18-11-6-8-15-7-2-3-9-16(15)18/h2-5,7,9-10,12,14,18H,6,8,11,13H2,1H3,(H,23,25)/t14-,18-/m0/s1. The van der Waals surface area contributed by atoms with E-state index in [0.29, 0.717) is 10.8 Å². The minimum atomic E-state index is -0.901. The molecule has 0 radical (unpaired) electrons. The Morgan fingerprint density at radius 3 is 2.74 bits per heavy atom. The average Bonchev–Trinajstić information content (AvgIpc) is 2.67. The molecule has 2 atom stereocenters. The molecule has 0 spiro atoms. The minimum Gasteiger partial charge on any atom is -0.480 e. The Morgan fingerprint density at radius 1 is 1.19 bits per heavy atom. The third-order valence-electron chi connectivity index (χ3n) is 4.55. The molecule has 0 bridgehead atoms. The molecule has 0 unspecified atom stereocenters. The Labute approximate surface area is 163 Å². The van der Waals surface area contributed by atoms with Gasteiger partial charge in [0, 0.05) is 0 Å². The van der Waals surface area contributed by atoms with Crippen molar-refractivity contribution in [1.82, 2.24) is 5.32 Å². The third kappa shape index (κ3) is 5.01. The molecule has 0 fully saturated rings. The molecular weight excluding hydrogens is 366 g/mol. The number of benzene rings is 2. The van der Waals surface area contributed by atoms with Gasteiger partial charge in [-0.25, -0.2) is 4.79 Å². The summed E-state index contributed by atoms with van der Waals surface area (Å²) in [7, 11) is 0. The molecule has 1 amide bonds. The molecule has 1 aliphatic carbocycles. The van der Waals surface area contributed by atoms with Gasteiger partial charge in [0.15, 0.2) is 12.7 Å². The number of para-hydroxylation sites is 1. The van der Waals surface area contributed by atoms with E-state index in [9.17, 15) is 9.59 Å². The Hall–Kier alpha value is -2.53. The van der Waals surface area contributed by atoms with Gasteiger partial charge in [-0.2, -0.15) is 0 Å². The number of fused-ring (bicyclic) bond motifs is 1. The van der Waals surface area contributed by atoms with E-state index in [1.165, 1.54) is 5.56 Å². The average molecular weight is 388 g/mol. The van der Waals surface area contributed by atoms with E-state index < -0.39 is 12.1 Å². The molecule has 1 aliphatic rings. The summed E-state index contributed by atoms with van der Waals surface area (Å²) < 4.78 is 10.5. The maximum absolute atomic E-state index is 12.4. The lowest BCUT2D eigenvalue weighted by Crippen LogP contribution is -2.39. The van der Waals surface area contributed by atoms with Crippen LogP contribution in [0.3, 0.4) is 0 Å². The molecule has 3 rings (SSSR count). The molecule has 1 N–H and O–H groups in total. The minimum absolute atomic E-state index is 0.0528. The predicted octanol–water partition coefficient (Wildman–Crippen LogP) is 3.84. The van der Waals surface area contributed by atoms with Gasteiger partial charge < -0.3 is 14.8 Å². The van der Waals surface area contributed by atoms with Crippen molar-refractivity contribution in [3.05, 3.63) is 64.7 Å². The molecule has 0 saturated heterocycles. The van der Waals surface area contributed by atoms with Gasteiger partial charge in [0.1, 0.15) is 5.75 Å². The zero-order valence-electron chi connectivity index (χ0n) is 15.1. The first-order valence-electron chi connectivity index (χ1n) is 8.99. The van der Waals surface area contributed by atoms with Crippen LogP contribution in [0, 0.1) is 0 Å². The highest BCUT2D eigenvalue weighted by atomic mass is 35.5. The summed E-state index contributed by atoms with van der Waals surface area (Å²) in [6.45, 7) is 1.24. The summed E-state index contributed by atoms with van der Waals surface area (Å²) in [5, 5.41) is 3.39. The van der Waals surface area contributed by atoms with Gasteiger partial charge in [-0.3, -0.25) is 4.79 Å². The summed E-state index contributed by atoms with van der Waals surface area (Å²) >= 11 is 5.97. The Balaban J connectivity index is 1.51. The van der Waals surface area contributed by atoms with Crippen LogP contribution in [-0.2, 0) is 20.7 Å². The van der Waals surface area contributed by atoms with Gasteiger partial charge >= 0.3 is 5.97 Å². The SMILES string of the molecule is C[C@H](OC(=O)COc1ccccc1Cl)C(=O)N[C@H]1CCCc2ccccc21. The molecule has 0 aliphatic heterocycles. The number of esters is 1. The van der Waals surface area contributed by atoms with Crippen LogP contribution in [-0.4, -0.2) is 24.6 Å². The summed E-state index contributed by atoms with van der Waals surface area (Å²) in [5.41, 5.74) is 2.39. The largest absolute Gasteiger partial charge is 0.480 e. The lowest BCUT2D eigenvalue weighted by atomic mass is 9.87. The zero-order valence-corrected chi connectivity index (χ0v) is 15.9. The number of aryl methyl sites for hydroxylation is 1. The number of rotatable bonds is 6. The van der Waals surface area contributed by atoms with E-state index in [2.05, 4.69) is 11.4 Å². The van der Waals surface area contributed by atoms with Gasteiger partial charge in [-0.05, 0) is 49.4 Å². The van der Waals surface area contributed by atoms with Crippen molar-refractivity contribution in [2.75, 3.05) is 6.61 Å². The molecular formula is C21H22ClNO4. The van der Waals surface area contributed by atoms with Crippen molar-refractivity contribution in [3.63, 3.8) is 0 Å². The molecule has 5 nitrogen and oxygen atoms in total. The summed E-state index contributed by atoms with van der Waals surface area (Å²) in [5.74, 6) is -0.545. The number of carbonyl (C=O) groups is 2. The van der Waals surface area contributed by atoms with E-state index in [0.717, 1.165) is 24.8 Å². The summed E-state index contributed by atoms with van der Waals surface area (Å²) in [6.07, 6.45) is 2.01. The lowest BCUT2D eigenvalue weighted by Gasteiger charge is -2.27. The van der Waals surface area contributed by atoms with E-state index in [4.69, 9.17) is 21.1 Å². The van der Waals surface area contributed by atoms with Crippen LogP contribution in [0.4, 0.5) is 0 Å². The van der Waals surface area contributed by atoms with E-state index in [-0.39, 0.29) is 18.6 Å². The molecule has 0 aromatic heterocycles. The predicted molar refractivity (Wildman–Crippen MR) is 103 cm³/mol. The van der Waals surface area contributed by atoms with Crippen molar-refractivity contribution in [3.8, 4) is 5.75 Å². The van der Waals surface area contributed by atoms with Crippen LogP contribution in [0.2, 0.25) is 5.02 Å². The van der Waals surface area contributed by atoms with Crippen LogP contribution >= 0.6 is 11.6 Å². The Kier molecular flexibility index (Phi) is 6.35. The van der Waals surface area contributed by atoms with Gasteiger partial charge in [0.25, 0.3) is 5.91 Å². The Morgan fingerprint density at radius 2 is 1.93 bits per heavy atom. The van der Waals surface area contributed by atoms with Crippen molar-refractivity contribution < 1.29 is 19.1 Å². The molecule has 142 valence electrons. The fourth-order valence-corrected chi connectivity index (χ4v) is 3.37. The molecule has 0 saturated carbocycles. The second kappa shape index (κ2) is 8.91. The highest BCUT2D eigenvalue weighted by molar-refractivity contribution is 6.32. The van der Waals surface area contributed by atoms with Crippen molar-refractivity contribution in [2.24, 2.45) is 0 Å². The second-order valence-corrected chi connectivity index (χ2v) is 6.91. The number of hydrogen-bond acceptors (Lipinski definition) is 4. The molecule has 27 heavy (non-hydrogen) atoms. The molecule has 6 heteroatoms. The topological polar surface area (TPSA) is 64.6 Å². The van der Waals surface area contributed by atoms with Gasteiger partial charge in [-0.1, -0.05) is 48.0 Å². The van der Waals surface area contributed by atoms with Gasteiger partial charge in [0.2, 0.25) is 0 Å². The number of halogens is 1. The fourth-order valence-electron chi connectivity index (χ4n) is 3.18. The Bertz CT molecular complexity index is 823. The van der Waals surface area contributed by atoms with E-state index in [1.54, 1.807) is 31.2 Å². The third-order valence-corrected chi connectivity index (χ3v) is 4.86. The first-order chi connectivity index (χ1) is 13.0. The fraction of sp³-hybridized carbons (Fsp3) is 0.333. The van der Waals surface area contributed by atoms with Crippen LogP contribution < -0.4 is 10.1 Å². The molecule has 2 aromatic rings. The number of nitrogens with one attached hydrogen (secondary N) is 1. The van der Waals surface area contributed by atoms with E-state index in [1.807, 2.05) is 18.2 Å². The smallest absolute Gasteiger partial charge is 0.344 e. The van der Waals surface area contributed by atoms with Crippen molar-refractivity contribution in [1.29, 1.82) is 0 Å². The number of amides is 1. The first-order valence-corrected chi connectivity index (χ1v) is 9.37. The zero-order chi connectivity index (χ0) is 19.2. The van der Waals surface area contributed by atoms with Gasteiger partial charge in [0.05, 0.1) is 11.1 Å². The molecule has 2 aromatic carbocycles. The summed E-state index contributed by atoms with van der Waals surface area (Å²) in [4.78, 5) is 24.4.